The standard InChI is InChI=1S/C13H14ClFN2O/c14-10-5-7(15)1-4-9(10)13-11(16)6-12(18)17(13)8-2-3-8/h1,4-5,8,11,13H,2-3,6,16H2. The summed E-state index contributed by atoms with van der Waals surface area (Å²) in [4.78, 5) is 13.8. The van der Waals surface area contributed by atoms with E-state index in [0.29, 0.717) is 11.4 Å². The summed E-state index contributed by atoms with van der Waals surface area (Å²) < 4.78 is 13.1. The smallest absolute Gasteiger partial charge is 0.225 e. The lowest BCUT2D eigenvalue weighted by Crippen LogP contribution is -2.34. The number of nitrogens with zero attached hydrogens (tertiary/aromatic N) is 1. The van der Waals surface area contributed by atoms with Gasteiger partial charge >= 0.3 is 0 Å². The Morgan fingerprint density at radius 3 is 2.72 bits per heavy atom. The summed E-state index contributed by atoms with van der Waals surface area (Å²) in [6, 6.07) is 4.09. The van der Waals surface area contributed by atoms with Crippen molar-refractivity contribution < 1.29 is 9.18 Å². The minimum Gasteiger partial charge on any atom is -0.331 e. The molecule has 1 saturated carbocycles. The van der Waals surface area contributed by atoms with Gasteiger partial charge in [-0.1, -0.05) is 17.7 Å². The van der Waals surface area contributed by atoms with E-state index in [1.807, 2.05) is 4.90 Å². The molecule has 1 aromatic rings. The van der Waals surface area contributed by atoms with Gasteiger partial charge in [0, 0.05) is 23.5 Å². The second kappa shape index (κ2) is 4.21. The van der Waals surface area contributed by atoms with E-state index in [-0.39, 0.29) is 29.8 Å². The zero-order valence-electron chi connectivity index (χ0n) is 9.77. The molecule has 1 aromatic carbocycles. The van der Waals surface area contributed by atoms with E-state index in [4.69, 9.17) is 17.3 Å². The Hall–Kier alpha value is -1.13. The Labute approximate surface area is 110 Å². The first-order valence-electron chi connectivity index (χ1n) is 6.09. The minimum absolute atomic E-state index is 0.0791. The SMILES string of the molecule is NC1CC(=O)N(C2CC2)C1c1ccc(F)cc1Cl. The summed E-state index contributed by atoms with van der Waals surface area (Å²) in [5.74, 6) is -0.296. The Morgan fingerprint density at radius 2 is 2.11 bits per heavy atom. The fraction of sp³-hybridized carbons (Fsp3) is 0.462. The van der Waals surface area contributed by atoms with Crippen LogP contribution in [0.1, 0.15) is 30.9 Å². The molecule has 0 spiro atoms. The molecule has 1 heterocycles. The number of amides is 1. The van der Waals surface area contributed by atoms with Crippen molar-refractivity contribution in [1.82, 2.24) is 4.90 Å². The van der Waals surface area contributed by atoms with E-state index >= 15 is 0 Å². The topological polar surface area (TPSA) is 46.3 Å². The lowest BCUT2D eigenvalue weighted by Gasteiger charge is -2.28. The van der Waals surface area contributed by atoms with Crippen molar-refractivity contribution in [3.8, 4) is 0 Å². The van der Waals surface area contributed by atoms with Gasteiger partial charge in [-0.05, 0) is 30.5 Å². The summed E-state index contributed by atoms with van der Waals surface area (Å²) >= 11 is 6.08. The number of halogens is 2. The number of carbonyl (C=O) groups excluding carboxylic acids is 1. The molecule has 3 nitrogen and oxygen atoms in total. The first-order valence-corrected chi connectivity index (χ1v) is 6.47. The van der Waals surface area contributed by atoms with Crippen LogP contribution in [-0.4, -0.2) is 22.9 Å². The van der Waals surface area contributed by atoms with Crippen molar-refractivity contribution in [2.75, 3.05) is 0 Å². The maximum atomic E-state index is 13.1. The summed E-state index contributed by atoms with van der Waals surface area (Å²) in [5.41, 5.74) is 6.80. The van der Waals surface area contributed by atoms with Gasteiger partial charge in [0.15, 0.2) is 0 Å². The van der Waals surface area contributed by atoms with Crippen molar-refractivity contribution in [2.24, 2.45) is 5.73 Å². The second-order valence-corrected chi connectivity index (χ2v) is 5.42. The zero-order valence-corrected chi connectivity index (χ0v) is 10.5. The second-order valence-electron chi connectivity index (χ2n) is 5.01. The molecule has 1 aliphatic carbocycles. The zero-order chi connectivity index (χ0) is 12.9. The highest BCUT2D eigenvalue weighted by Crippen LogP contribution is 2.42. The van der Waals surface area contributed by atoms with Gasteiger partial charge in [-0.3, -0.25) is 4.79 Å². The van der Waals surface area contributed by atoms with Crippen LogP contribution in [-0.2, 0) is 4.79 Å². The number of benzene rings is 1. The molecular weight excluding hydrogens is 255 g/mol. The fourth-order valence-electron chi connectivity index (χ4n) is 2.69. The number of hydrogen-bond donors (Lipinski definition) is 1. The van der Waals surface area contributed by atoms with Crippen LogP contribution in [0.5, 0.6) is 0 Å². The molecule has 96 valence electrons. The van der Waals surface area contributed by atoms with Crippen molar-refractivity contribution in [2.45, 2.75) is 37.4 Å². The number of nitrogens with two attached hydrogens (primary N) is 1. The van der Waals surface area contributed by atoms with Crippen LogP contribution in [0.3, 0.4) is 0 Å². The molecule has 3 rings (SSSR count). The normalized spacial score (nSPS) is 27.9. The summed E-state index contributed by atoms with van der Waals surface area (Å²) in [5, 5.41) is 0.343. The predicted octanol–water partition coefficient (Wildman–Crippen LogP) is 2.24. The van der Waals surface area contributed by atoms with E-state index < -0.39 is 0 Å². The molecule has 5 heteroatoms. The van der Waals surface area contributed by atoms with E-state index in [1.54, 1.807) is 6.07 Å². The highest BCUT2D eigenvalue weighted by Gasteiger charge is 2.46. The molecule has 18 heavy (non-hydrogen) atoms. The Kier molecular flexibility index (Phi) is 2.79. The molecule has 2 N–H and O–H groups in total. The molecule has 2 unspecified atom stereocenters. The van der Waals surface area contributed by atoms with Gasteiger partial charge in [-0.25, -0.2) is 4.39 Å². The van der Waals surface area contributed by atoms with Crippen molar-refractivity contribution >= 4 is 17.5 Å². The number of likely N-dealkylation sites (tertiary alicyclic amines) is 1. The quantitative estimate of drug-likeness (QED) is 0.894. The average molecular weight is 269 g/mol. The highest BCUT2D eigenvalue weighted by atomic mass is 35.5. The maximum absolute atomic E-state index is 13.1. The third-order valence-corrected chi connectivity index (χ3v) is 3.95. The van der Waals surface area contributed by atoms with Crippen LogP contribution in [0.4, 0.5) is 4.39 Å². The van der Waals surface area contributed by atoms with Crippen LogP contribution >= 0.6 is 11.6 Å². The first-order chi connectivity index (χ1) is 8.58. The van der Waals surface area contributed by atoms with E-state index in [0.717, 1.165) is 18.4 Å². The van der Waals surface area contributed by atoms with Crippen molar-refractivity contribution in [1.29, 1.82) is 0 Å². The Morgan fingerprint density at radius 1 is 1.39 bits per heavy atom. The van der Waals surface area contributed by atoms with Crippen LogP contribution in [0.2, 0.25) is 5.02 Å². The third kappa shape index (κ3) is 1.89. The lowest BCUT2D eigenvalue weighted by atomic mass is 10.0. The summed E-state index contributed by atoms with van der Waals surface area (Å²) in [6.07, 6.45) is 2.39. The Balaban J connectivity index is 2.00. The molecule has 2 fully saturated rings. The molecule has 1 saturated heterocycles. The van der Waals surface area contributed by atoms with E-state index in [1.165, 1.54) is 12.1 Å². The highest BCUT2D eigenvalue weighted by molar-refractivity contribution is 6.31. The third-order valence-electron chi connectivity index (χ3n) is 3.62. The van der Waals surface area contributed by atoms with Gasteiger partial charge in [-0.2, -0.15) is 0 Å². The molecular formula is C13H14ClFN2O. The average Bonchev–Trinajstić information content (AvgIpc) is 3.06. The fourth-order valence-corrected chi connectivity index (χ4v) is 2.96. The lowest BCUT2D eigenvalue weighted by molar-refractivity contribution is -0.129. The van der Waals surface area contributed by atoms with E-state index in [9.17, 15) is 9.18 Å². The largest absolute Gasteiger partial charge is 0.331 e. The van der Waals surface area contributed by atoms with Crippen LogP contribution in [0.15, 0.2) is 18.2 Å². The van der Waals surface area contributed by atoms with Gasteiger partial charge in [0.1, 0.15) is 5.82 Å². The van der Waals surface area contributed by atoms with Gasteiger partial charge in [0.25, 0.3) is 0 Å². The first kappa shape index (κ1) is 11.9. The van der Waals surface area contributed by atoms with Gasteiger partial charge in [-0.15, -0.1) is 0 Å². The summed E-state index contributed by atoms with van der Waals surface area (Å²) in [6.45, 7) is 0. The molecule has 0 aromatic heterocycles. The predicted molar refractivity (Wildman–Crippen MR) is 66.6 cm³/mol. The molecule has 1 aliphatic heterocycles. The van der Waals surface area contributed by atoms with Crippen LogP contribution in [0, 0.1) is 5.82 Å². The van der Waals surface area contributed by atoms with Gasteiger partial charge in [0.05, 0.1) is 6.04 Å². The van der Waals surface area contributed by atoms with E-state index in [2.05, 4.69) is 0 Å². The van der Waals surface area contributed by atoms with Crippen LogP contribution in [0.25, 0.3) is 0 Å². The number of carbonyl (C=O) groups is 1. The molecule has 2 aliphatic rings. The van der Waals surface area contributed by atoms with Gasteiger partial charge < -0.3 is 10.6 Å². The Bertz CT molecular complexity index is 504. The molecule has 0 radical (unpaired) electrons. The number of rotatable bonds is 2. The monoisotopic (exact) mass is 268 g/mol. The van der Waals surface area contributed by atoms with Crippen molar-refractivity contribution in [3.05, 3.63) is 34.6 Å². The maximum Gasteiger partial charge on any atom is 0.225 e. The minimum atomic E-state index is -0.375. The van der Waals surface area contributed by atoms with Crippen LogP contribution < -0.4 is 5.73 Å². The molecule has 0 bridgehead atoms. The summed E-state index contributed by atoms with van der Waals surface area (Å²) in [7, 11) is 0. The molecule has 2 atom stereocenters. The van der Waals surface area contributed by atoms with Gasteiger partial charge in [0.2, 0.25) is 5.91 Å². The number of hydrogen-bond acceptors (Lipinski definition) is 2. The van der Waals surface area contributed by atoms with Crippen molar-refractivity contribution in [3.63, 3.8) is 0 Å². The molecule has 1 amide bonds.